The van der Waals surface area contributed by atoms with Crippen LogP contribution in [0.25, 0.3) is 0 Å². The number of alkyl halides is 2. The van der Waals surface area contributed by atoms with Crippen molar-refractivity contribution >= 4 is 52.2 Å². The average Bonchev–Trinajstić information content (AvgIpc) is 4.00. The minimum Gasteiger partial charge on any atom is -0.506 e. The number of amides is 4. The van der Waals surface area contributed by atoms with Gasteiger partial charge in [0.2, 0.25) is 0 Å². The SMILES string of the molecule is C.CNC(=O)c1cc(Oc2ccc(NC(=O)Nc3ccc(Cl)c(C(C)(F)F)c3)cc2)ccn1.Cc1ccc(Nc2c(C(=O)NOCC3CC3)ccc(F)c2F)c(O)c1. The van der Waals surface area contributed by atoms with E-state index in [1.54, 1.807) is 43.3 Å². The Kier molecular flexibility index (Phi) is 15.0. The zero-order valence-corrected chi connectivity index (χ0v) is 31.4. The predicted octanol–water partition coefficient (Wildman–Crippen LogP) is 10.1. The number of hydrogen-bond acceptors (Lipinski definition) is 8. The third kappa shape index (κ3) is 12.3. The number of nitrogens with one attached hydrogen (secondary N) is 5. The number of ether oxygens (including phenoxy) is 1. The molecule has 1 heterocycles. The van der Waals surface area contributed by atoms with Crippen molar-refractivity contribution in [3.63, 3.8) is 0 Å². The molecule has 6 N–H and O–H groups in total. The molecule has 1 saturated carbocycles. The number of pyridine rings is 1. The number of urea groups is 1. The zero-order chi connectivity index (χ0) is 41.3. The molecule has 0 aliphatic heterocycles. The largest absolute Gasteiger partial charge is 0.506 e. The fraction of sp³-hybridized carbons (Fsp3) is 0.220. The van der Waals surface area contributed by atoms with Crippen LogP contribution in [0.1, 0.15) is 59.2 Å². The number of aryl methyl sites for hydroxylation is 1. The smallest absolute Gasteiger partial charge is 0.323 e. The third-order valence-electron chi connectivity index (χ3n) is 8.17. The van der Waals surface area contributed by atoms with Gasteiger partial charge in [-0.05, 0) is 104 Å². The number of carbonyl (C=O) groups is 3. The molecule has 0 spiro atoms. The number of rotatable bonds is 12. The second kappa shape index (κ2) is 19.7. The summed E-state index contributed by atoms with van der Waals surface area (Å²) in [5.74, 6) is -5.31. The summed E-state index contributed by atoms with van der Waals surface area (Å²) in [5.41, 5.74) is 3.15. The molecule has 12 nitrogen and oxygen atoms in total. The molecule has 4 amide bonds. The van der Waals surface area contributed by atoms with Gasteiger partial charge in [-0.2, -0.15) is 0 Å². The molecule has 4 aromatic carbocycles. The van der Waals surface area contributed by atoms with Gasteiger partial charge in [-0.25, -0.2) is 27.8 Å². The summed E-state index contributed by atoms with van der Waals surface area (Å²) in [4.78, 5) is 45.2. The monoisotopic (exact) mass is 824 g/mol. The fourth-order valence-electron chi connectivity index (χ4n) is 5.01. The van der Waals surface area contributed by atoms with Gasteiger partial charge in [-0.15, -0.1) is 0 Å². The van der Waals surface area contributed by atoms with Gasteiger partial charge in [-0.3, -0.25) is 19.4 Å². The number of hydroxylamine groups is 1. The van der Waals surface area contributed by atoms with Crippen LogP contribution in [0.2, 0.25) is 5.02 Å². The van der Waals surface area contributed by atoms with Gasteiger partial charge in [0.25, 0.3) is 17.7 Å². The zero-order valence-electron chi connectivity index (χ0n) is 30.7. The highest BCUT2D eigenvalue weighted by Crippen LogP contribution is 2.35. The van der Waals surface area contributed by atoms with Gasteiger partial charge in [0.1, 0.15) is 22.9 Å². The van der Waals surface area contributed by atoms with Crippen LogP contribution in [0.15, 0.2) is 91.1 Å². The standard InChI is InChI=1S/C22H19ClF2N4O3.C18H18F2N2O3.CH4/c1-22(24,25)17-11-14(5-8-18(17)23)29-21(31)28-13-3-6-15(7-4-13)32-16-9-10-27-19(12-16)20(30)26-2;1-10-2-7-14(15(23)8-10)21-17-12(5-6-13(19)16(17)20)18(24)22-25-9-11-3-4-11;/h3-12H,1-2H3,(H,26,30)(H2,28,29,31);2,5-8,11,21,23H,3-4,9H2,1H3,(H,22,24);1H4. The van der Waals surface area contributed by atoms with E-state index in [2.05, 4.69) is 31.7 Å². The van der Waals surface area contributed by atoms with Crippen LogP contribution in [0, 0.1) is 24.5 Å². The molecule has 1 aliphatic rings. The first-order chi connectivity index (χ1) is 27.1. The number of anilines is 4. The van der Waals surface area contributed by atoms with Crippen LogP contribution in [0.5, 0.6) is 17.2 Å². The summed E-state index contributed by atoms with van der Waals surface area (Å²) in [5, 5.41) is 20.0. The summed E-state index contributed by atoms with van der Waals surface area (Å²) < 4.78 is 60.8. The lowest BCUT2D eigenvalue weighted by molar-refractivity contribution is 0.0176. The van der Waals surface area contributed by atoms with Crippen LogP contribution in [0.4, 0.5) is 45.1 Å². The molecule has 1 fully saturated rings. The fourth-order valence-corrected chi connectivity index (χ4v) is 5.29. The van der Waals surface area contributed by atoms with E-state index in [0.29, 0.717) is 29.7 Å². The number of hydrogen-bond donors (Lipinski definition) is 6. The number of halogens is 5. The van der Waals surface area contributed by atoms with Crippen molar-refractivity contribution in [3.8, 4) is 17.2 Å². The summed E-state index contributed by atoms with van der Waals surface area (Å²) in [7, 11) is 1.50. The van der Waals surface area contributed by atoms with E-state index in [1.165, 1.54) is 43.6 Å². The number of phenolic OH excluding ortho intramolecular Hbond substituents is 1. The second-order valence-corrected chi connectivity index (χ2v) is 13.3. The highest BCUT2D eigenvalue weighted by Gasteiger charge is 2.28. The lowest BCUT2D eigenvalue weighted by atomic mass is 10.1. The van der Waals surface area contributed by atoms with Crippen LogP contribution in [0.3, 0.4) is 0 Å². The summed E-state index contributed by atoms with van der Waals surface area (Å²) in [6.45, 7) is 2.90. The van der Waals surface area contributed by atoms with Gasteiger partial charge < -0.3 is 31.1 Å². The highest BCUT2D eigenvalue weighted by atomic mass is 35.5. The number of aromatic nitrogens is 1. The molecule has 306 valence electrons. The van der Waals surface area contributed by atoms with Crippen molar-refractivity contribution in [3.05, 3.63) is 130 Å². The first-order valence-corrected chi connectivity index (χ1v) is 17.7. The highest BCUT2D eigenvalue weighted by molar-refractivity contribution is 6.31. The Bertz CT molecular complexity index is 2250. The number of carbonyl (C=O) groups excluding carboxylic acids is 3. The Labute approximate surface area is 336 Å². The van der Waals surface area contributed by atoms with E-state index in [4.69, 9.17) is 21.2 Å². The average molecular weight is 825 g/mol. The molecule has 58 heavy (non-hydrogen) atoms. The maximum Gasteiger partial charge on any atom is 0.323 e. The Morgan fingerprint density at radius 1 is 0.897 bits per heavy atom. The quantitative estimate of drug-likeness (QED) is 0.0411. The van der Waals surface area contributed by atoms with Gasteiger partial charge in [0.05, 0.1) is 23.5 Å². The van der Waals surface area contributed by atoms with Gasteiger partial charge in [0, 0.05) is 48.2 Å². The van der Waals surface area contributed by atoms with Crippen molar-refractivity contribution in [2.75, 3.05) is 29.6 Å². The van der Waals surface area contributed by atoms with Crippen molar-refractivity contribution < 1.29 is 46.6 Å². The molecule has 1 aliphatic carbocycles. The minimum atomic E-state index is -3.14. The van der Waals surface area contributed by atoms with Crippen LogP contribution >= 0.6 is 11.6 Å². The van der Waals surface area contributed by atoms with Crippen molar-refractivity contribution in [1.29, 1.82) is 0 Å². The lowest BCUT2D eigenvalue weighted by Gasteiger charge is -2.15. The molecular formula is C41H41ClF4N6O6. The number of aromatic hydroxyl groups is 1. The van der Waals surface area contributed by atoms with E-state index in [-0.39, 0.29) is 58.0 Å². The summed E-state index contributed by atoms with van der Waals surface area (Å²) >= 11 is 5.81. The second-order valence-electron chi connectivity index (χ2n) is 12.9. The predicted molar refractivity (Wildman–Crippen MR) is 213 cm³/mol. The summed E-state index contributed by atoms with van der Waals surface area (Å²) in [6, 6.07) is 19.5. The van der Waals surface area contributed by atoms with Crippen molar-refractivity contribution in [1.82, 2.24) is 15.8 Å². The molecule has 0 radical (unpaired) electrons. The number of phenols is 1. The van der Waals surface area contributed by atoms with E-state index < -0.39 is 29.5 Å². The first-order valence-electron chi connectivity index (χ1n) is 17.3. The maximum absolute atomic E-state index is 14.2. The number of nitrogens with zero attached hydrogens (tertiary/aromatic N) is 1. The Hall–Kier alpha value is -6.39. The van der Waals surface area contributed by atoms with E-state index >= 15 is 0 Å². The van der Waals surface area contributed by atoms with Gasteiger partial charge >= 0.3 is 6.03 Å². The van der Waals surface area contributed by atoms with Crippen LogP contribution < -0.4 is 31.5 Å². The number of benzene rings is 4. The molecule has 5 aromatic rings. The molecular weight excluding hydrogens is 784 g/mol. The van der Waals surface area contributed by atoms with E-state index in [9.17, 15) is 37.1 Å². The Morgan fingerprint density at radius 2 is 1.59 bits per heavy atom. The van der Waals surface area contributed by atoms with E-state index in [1.807, 2.05) is 0 Å². The Balaban J connectivity index is 0.000000259. The molecule has 0 saturated heterocycles. The van der Waals surface area contributed by atoms with Gasteiger partial charge in [0.15, 0.2) is 11.6 Å². The van der Waals surface area contributed by atoms with Crippen molar-refractivity contribution in [2.45, 2.75) is 40.0 Å². The van der Waals surface area contributed by atoms with E-state index in [0.717, 1.165) is 43.5 Å². The molecule has 17 heteroatoms. The molecule has 6 rings (SSSR count). The van der Waals surface area contributed by atoms with Gasteiger partial charge in [-0.1, -0.05) is 25.1 Å². The third-order valence-corrected chi connectivity index (χ3v) is 8.50. The molecule has 1 aromatic heterocycles. The maximum atomic E-state index is 14.2. The lowest BCUT2D eigenvalue weighted by Crippen LogP contribution is -2.26. The summed E-state index contributed by atoms with van der Waals surface area (Å²) in [6.07, 6.45) is 3.57. The minimum absolute atomic E-state index is 0. The Morgan fingerprint density at radius 3 is 2.24 bits per heavy atom. The van der Waals surface area contributed by atoms with Crippen LogP contribution in [-0.2, 0) is 10.8 Å². The molecule has 0 bridgehead atoms. The first kappa shape index (κ1) is 44.3. The normalized spacial score (nSPS) is 11.9. The van der Waals surface area contributed by atoms with Crippen molar-refractivity contribution in [2.24, 2.45) is 5.92 Å². The topological polar surface area (TPSA) is 163 Å². The molecule has 0 unspecified atom stereocenters. The molecule has 0 atom stereocenters. The van der Waals surface area contributed by atoms with Crippen LogP contribution in [-0.4, -0.2) is 41.6 Å².